The minimum Gasteiger partial charge on any atom is -0.858 e. The Morgan fingerprint density at radius 2 is 2.13 bits per heavy atom. The number of aromatic nitrogens is 3. The van der Waals surface area contributed by atoms with Crippen LogP contribution in [0.15, 0.2) is 23.1 Å². The lowest BCUT2D eigenvalue weighted by Gasteiger charge is -2.39. The summed E-state index contributed by atoms with van der Waals surface area (Å²) in [5.74, 6) is -1.14. The third kappa shape index (κ3) is 3.31. The molecule has 0 radical (unpaired) electrons. The van der Waals surface area contributed by atoms with Crippen LogP contribution in [0.25, 0.3) is 0 Å². The predicted octanol–water partition coefficient (Wildman–Crippen LogP) is 0.794. The average molecular weight is 425 g/mol. The van der Waals surface area contributed by atoms with Crippen molar-refractivity contribution in [1.82, 2.24) is 19.9 Å². The topological polar surface area (TPSA) is 112 Å². The van der Waals surface area contributed by atoms with Crippen molar-refractivity contribution in [3.63, 3.8) is 0 Å². The van der Waals surface area contributed by atoms with Crippen LogP contribution in [0.1, 0.15) is 43.3 Å². The summed E-state index contributed by atoms with van der Waals surface area (Å²) in [4.78, 5) is 27.8. The molecule has 0 aromatic carbocycles. The molecule has 0 spiro atoms. The van der Waals surface area contributed by atoms with Crippen LogP contribution in [-0.4, -0.2) is 58.0 Å². The van der Waals surface area contributed by atoms with E-state index in [0.717, 1.165) is 38.0 Å². The van der Waals surface area contributed by atoms with Gasteiger partial charge in [0.1, 0.15) is 5.69 Å². The van der Waals surface area contributed by atoms with Gasteiger partial charge in [0.2, 0.25) is 5.95 Å². The SMILES string of the molecule is CCc1ncc(C23CCC(N4CCN(c5ccc(C(=N)[O-])nc5F)CC4)C2C3)[nH]c1=O. The van der Waals surface area contributed by atoms with E-state index >= 15 is 0 Å². The van der Waals surface area contributed by atoms with E-state index in [1.165, 1.54) is 6.07 Å². The number of piperazine rings is 1. The first-order valence-electron chi connectivity index (χ1n) is 10.9. The smallest absolute Gasteiger partial charge is 0.269 e. The molecule has 3 heterocycles. The van der Waals surface area contributed by atoms with Gasteiger partial charge < -0.3 is 20.4 Å². The van der Waals surface area contributed by atoms with E-state index in [1.54, 1.807) is 6.07 Å². The summed E-state index contributed by atoms with van der Waals surface area (Å²) in [6, 6.07) is 3.43. The number of nitrogens with zero attached hydrogens (tertiary/aromatic N) is 4. The molecule has 8 nitrogen and oxygen atoms in total. The maximum atomic E-state index is 14.3. The molecule has 2 aromatic rings. The zero-order valence-electron chi connectivity index (χ0n) is 17.5. The van der Waals surface area contributed by atoms with Crippen LogP contribution < -0.4 is 15.6 Å². The summed E-state index contributed by atoms with van der Waals surface area (Å²) < 4.78 is 14.3. The van der Waals surface area contributed by atoms with Crippen molar-refractivity contribution in [1.29, 1.82) is 5.41 Å². The maximum absolute atomic E-state index is 14.3. The van der Waals surface area contributed by atoms with Gasteiger partial charge in [-0.05, 0) is 43.7 Å². The molecule has 5 rings (SSSR count). The van der Waals surface area contributed by atoms with Gasteiger partial charge in [0, 0.05) is 55.4 Å². The molecular formula is C22H26FN6O2-. The van der Waals surface area contributed by atoms with Crippen LogP contribution >= 0.6 is 0 Å². The molecule has 2 N–H and O–H groups in total. The molecule has 2 saturated carbocycles. The molecule has 3 aliphatic rings. The van der Waals surface area contributed by atoms with Gasteiger partial charge >= 0.3 is 0 Å². The van der Waals surface area contributed by atoms with Gasteiger partial charge in [-0.25, -0.2) is 4.98 Å². The van der Waals surface area contributed by atoms with Gasteiger partial charge in [0.05, 0.1) is 11.4 Å². The Labute approximate surface area is 179 Å². The first-order chi connectivity index (χ1) is 14.9. The first kappa shape index (κ1) is 20.1. The van der Waals surface area contributed by atoms with Crippen LogP contribution in [0.5, 0.6) is 0 Å². The number of hydrogen-bond acceptors (Lipinski definition) is 7. The van der Waals surface area contributed by atoms with Gasteiger partial charge in [-0.15, -0.1) is 0 Å². The number of anilines is 1. The summed E-state index contributed by atoms with van der Waals surface area (Å²) >= 11 is 0. The molecule has 0 bridgehead atoms. The van der Waals surface area contributed by atoms with Crippen molar-refractivity contribution in [3.8, 4) is 0 Å². The van der Waals surface area contributed by atoms with Crippen molar-refractivity contribution in [3.05, 3.63) is 51.7 Å². The Balaban J connectivity index is 1.24. The lowest BCUT2D eigenvalue weighted by Crippen LogP contribution is -2.51. The quantitative estimate of drug-likeness (QED) is 0.416. The van der Waals surface area contributed by atoms with Gasteiger partial charge in [0.25, 0.3) is 5.56 Å². The Bertz CT molecular complexity index is 1080. The maximum Gasteiger partial charge on any atom is 0.269 e. The summed E-state index contributed by atoms with van der Waals surface area (Å²) in [7, 11) is 0. The zero-order chi connectivity index (χ0) is 21.8. The fourth-order valence-electron chi connectivity index (χ4n) is 5.63. The van der Waals surface area contributed by atoms with Gasteiger partial charge in [-0.1, -0.05) is 6.92 Å². The predicted molar refractivity (Wildman–Crippen MR) is 112 cm³/mol. The van der Waals surface area contributed by atoms with Crippen LogP contribution in [0.2, 0.25) is 0 Å². The molecule has 2 aromatic heterocycles. The lowest BCUT2D eigenvalue weighted by atomic mass is 10.00. The molecule has 164 valence electrons. The lowest BCUT2D eigenvalue weighted by molar-refractivity contribution is -0.215. The minimum absolute atomic E-state index is 0.0640. The number of aromatic amines is 1. The standard InChI is InChI=1S/C22H27FN6O2/c1-2-14-21(31)27-18(12-25-14)22-6-5-16(13(22)11-22)28-7-9-29(10-8-28)17-4-3-15(20(24)30)26-19(17)23/h3-4,12-13,16H,2,5-11H2,1H3,(H2,24,30)(H,27,31)/p-1. The van der Waals surface area contributed by atoms with E-state index in [-0.39, 0.29) is 16.7 Å². The van der Waals surface area contributed by atoms with Crippen molar-refractivity contribution in [2.24, 2.45) is 5.92 Å². The van der Waals surface area contributed by atoms with Crippen molar-refractivity contribution < 1.29 is 9.50 Å². The molecule has 3 atom stereocenters. The second kappa shape index (κ2) is 7.40. The number of halogens is 1. The summed E-state index contributed by atoms with van der Waals surface area (Å²) in [6.07, 6.45) is 5.74. The number of fused-ring (bicyclic) bond motifs is 1. The molecule has 31 heavy (non-hydrogen) atoms. The molecular weight excluding hydrogens is 399 g/mol. The van der Waals surface area contributed by atoms with Crippen molar-refractivity contribution in [2.75, 3.05) is 31.1 Å². The fraction of sp³-hybridized carbons (Fsp3) is 0.545. The van der Waals surface area contributed by atoms with E-state index in [0.29, 0.717) is 42.9 Å². The number of aryl methyl sites for hydroxylation is 1. The van der Waals surface area contributed by atoms with Gasteiger partial charge in [0.15, 0.2) is 0 Å². The number of H-pyrrole nitrogens is 1. The molecule has 9 heteroatoms. The van der Waals surface area contributed by atoms with Crippen LogP contribution in [0.3, 0.4) is 0 Å². The Morgan fingerprint density at radius 1 is 1.35 bits per heavy atom. The van der Waals surface area contributed by atoms with Crippen molar-refractivity contribution in [2.45, 2.75) is 44.1 Å². The highest BCUT2D eigenvalue weighted by molar-refractivity contribution is 5.85. The van der Waals surface area contributed by atoms with Crippen LogP contribution in [0, 0.1) is 17.3 Å². The average Bonchev–Trinajstić information content (AvgIpc) is 3.39. The van der Waals surface area contributed by atoms with E-state index in [2.05, 4.69) is 19.9 Å². The first-order valence-corrected chi connectivity index (χ1v) is 10.9. The molecule has 2 aliphatic carbocycles. The van der Waals surface area contributed by atoms with E-state index in [9.17, 15) is 14.3 Å². The number of rotatable bonds is 5. The summed E-state index contributed by atoms with van der Waals surface area (Å²) in [5, 5.41) is 18.2. The second-order valence-corrected chi connectivity index (χ2v) is 8.86. The highest BCUT2D eigenvalue weighted by Crippen LogP contribution is 2.64. The molecule has 1 saturated heterocycles. The van der Waals surface area contributed by atoms with Crippen LogP contribution in [0.4, 0.5) is 10.1 Å². The molecule has 1 aliphatic heterocycles. The highest BCUT2D eigenvalue weighted by Gasteiger charge is 2.64. The van der Waals surface area contributed by atoms with Crippen LogP contribution in [-0.2, 0) is 11.8 Å². The molecule has 3 fully saturated rings. The zero-order valence-corrected chi connectivity index (χ0v) is 17.5. The Morgan fingerprint density at radius 3 is 2.74 bits per heavy atom. The number of pyridine rings is 1. The van der Waals surface area contributed by atoms with E-state index in [4.69, 9.17) is 5.41 Å². The highest BCUT2D eigenvalue weighted by atomic mass is 19.1. The summed E-state index contributed by atoms with van der Waals surface area (Å²) in [6.45, 7) is 4.98. The number of nitrogens with one attached hydrogen (secondary N) is 2. The Kier molecular flexibility index (Phi) is 4.80. The summed E-state index contributed by atoms with van der Waals surface area (Å²) in [5.41, 5.74) is 1.79. The van der Waals surface area contributed by atoms with E-state index < -0.39 is 11.8 Å². The minimum atomic E-state index is -0.981. The van der Waals surface area contributed by atoms with E-state index in [1.807, 2.05) is 18.0 Å². The Hall–Kier alpha value is -2.81. The molecule has 3 unspecified atom stereocenters. The monoisotopic (exact) mass is 425 g/mol. The van der Waals surface area contributed by atoms with Gasteiger partial charge in [-0.3, -0.25) is 14.7 Å². The van der Waals surface area contributed by atoms with Crippen molar-refractivity contribution >= 4 is 11.6 Å². The number of hydrogen-bond donors (Lipinski definition) is 2. The second-order valence-electron chi connectivity index (χ2n) is 8.86. The third-order valence-electron chi connectivity index (χ3n) is 7.40. The fourth-order valence-corrected chi connectivity index (χ4v) is 5.63. The molecule has 0 amide bonds. The third-order valence-corrected chi connectivity index (χ3v) is 7.40. The largest absolute Gasteiger partial charge is 0.858 e. The van der Waals surface area contributed by atoms with Gasteiger partial charge in [-0.2, -0.15) is 4.39 Å². The normalized spacial score (nSPS) is 27.9.